The molecule has 2 nitrogen and oxygen atoms in total. The van der Waals surface area contributed by atoms with Gasteiger partial charge in [-0.2, -0.15) is 0 Å². The van der Waals surface area contributed by atoms with Crippen LogP contribution in [0.25, 0.3) is 0 Å². The summed E-state index contributed by atoms with van der Waals surface area (Å²) in [7, 11) is 0. The lowest BCUT2D eigenvalue weighted by molar-refractivity contribution is 0.0934. The normalized spacial score (nSPS) is 30.0. The Morgan fingerprint density at radius 1 is 1.36 bits per heavy atom. The van der Waals surface area contributed by atoms with Crippen molar-refractivity contribution in [2.45, 2.75) is 31.8 Å². The van der Waals surface area contributed by atoms with Gasteiger partial charge < -0.3 is 9.47 Å². The van der Waals surface area contributed by atoms with Crippen LogP contribution >= 0.6 is 0 Å². The van der Waals surface area contributed by atoms with Crippen LogP contribution in [0.1, 0.15) is 25.7 Å². The highest BCUT2D eigenvalue weighted by molar-refractivity contribution is 4.70. The summed E-state index contributed by atoms with van der Waals surface area (Å²) >= 11 is 0. The van der Waals surface area contributed by atoms with E-state index in [2.05, 4.69) is 0 Å². The average Bonchev–Trinajstić information content (AvgIpc) is 2.66. The van der Waals surface area contributed by atoms with Crippen LogP contribution in [-0.2, 0) is 9.47 Å². The fraction of sp³-hybridized carbons (Fsp3) is 1.00. The lowest BCUT2D eigenvalue weighted by Crippen LogP contribution is -2.14. The number of hydrogen-bond donors (Lipinski definition) is 0. The first-order chi connectivity index (χ1) is 5.45. The molecule has 11 heavy (non-hydrogen) atoms. The molecule has 1 aliphatic carbocycles. The SMILES string of the molecule is C1CC(CCOCC2CO2)C1. The van der Waals surface area contributed by atoms with Crippen LogP contribution in [-0.4, -0.2) is 25.9 Å². The van der Waals surface area contributed by atoms with Crippen LogP contribution in [0.2, 0.25) is 0 Å². The van der Waals surface area contributed by atoms with Gasteiger partial charge in [0.15, 0.2) is 0 Å². The van der Waals surface area contributed by atoms with Gasteiger partial charge in [0, 0.05) is 6.61 Å². The van der Waals surface area contributed by atoms with E-state index in [1.54, 1.807) is 0 Å². The van der Waals surface area contributed by atoms with Gasteiger partial charge in [0.25, 0.3) is 0 Å². The number of rotatable bonds is 5. The molecule has 0 bridgehead atoms. The fourth-order valence-electron chi connectivity index (χ4n) is 1.41. The Bertz CT molecular complexity index is 117. The topological polar surface area (TPSA) is 21.8 Å². The molecule has 0 amide bonds. The molecule has 2 aliphatic rings. The fourth-order valence-corrected chi connectivity index (χ4v) is 1.41. The Balaban J connectivity index is 1.40. The predicted molar refractivity (Wildman–Crippen MR) is 42.5 cm³/mol. The van der Waals surface area contributed by atoms with Gasteiger partial charge in [0.05, 0.1) is 13.2 Å². The van der Waals surface area contributed by atoms with Crippen LogP contribution in [0.4, 0.5) is 0 Å². The van der Waals surface area contributed by atoms with Crippen molar-refractivity contribution in [1.82, 2.24) is 0 Å². The van der Waals surface area contributed by atoms with Crippen molar-refractivity contribution in [1.29, 1.82) is 0 Å². The molecule has 0 aromatic carbocycles. The third-order valence-corrected chi connectivity index (χ3v) is 2.60. The minimum atomic E-state index is 0.441. The highest BCUT2D eigenvalue weighted by atomic mass is 16.6. The summed E-state index contributed by atoms with van der Waals surface area (Å²) in [5.41, 5.74) is 0. The molecule has 1 saturated heterocycles. The molecule has 0 spiro atoms. The van der Waals surface area contributed by atoms with E-state index in [1.807, 2.05) is 0 Å². The molecule has 1 saturated carbocycles. The van der Waals surface area contributed by atoms with Crippen LogP contribution < -0.4 is 0 Å². The maximum atomic E-state index is 5.44. The summed E-state index contributed by atoms with van der Waals surface area (Å²) in [6.07, 6.45) is 6.02. The lowest BCUT2D eigenvalue weighted by atomic mass is 9.83. The van der Waals surface area contributed by atoms with E-state index in [1.165, 1.54) is 25.7 Å². The summed E-state index contributed by atoms with van der Waals surface area (Å²) in [5.74, 6) is 0.982. The van der Waals surface area contributed by atoms with Crippen molar-refractivity contribution in [3.63, 3.8) is 0 Å². The maximum absolute atomic E-state index is 5.44. The molecule has 1 aliphatic heterocycles. The Morgan fingerprint density at radius 3 is 2.73 bits per heavy atom. The molecule has 0 aromatic heterocycles. The second kappa shape index (κ2) is 3.55. The zero-order valence-electron chi connectivity index (χ0n) is 6.92. The zero-order valence-corrected chi connectivity index (χ0v) is 6.92. The van der Waals surface area contributed by atoms with Gasteiger partial charge in [-0.3, -0.25) is 0 Å². The van der Waals surface area contributed by atoms with Gasteiger partial charge in [-0.15, -0.1) is 0 Å². The van der Waals surface area contributed by atoms with E-state index in [0.717, 1.165) is 25.7 Å². The molecular formula is C9H16O2. The van der Waals surface area contributed by atoms with E-state index < -0.39 is 0 Å². The molecule has 0 aromatic rings. The van der Waals surface area contributed by atoms with E-state index in [0.29, 0.717) is 6.10 Å². The minimum absolute atomic E-state index is 0.441. The molecule has 2 fully saturated rings. The van der Waals surface area contributed by atoms with Crippen molar-refractivity contribution in [2.75, 3.05) is 19.8 Å². The number of epoxide rings is 1. The predicted octanol–water partition coefficient (Wildman–Crippen LogP) is 1.59. The molecule has 64 valence electrons. The first kappa shape index (κ1) is 7.56. The van der Waals surface area contributed by atoms with Crippen LogP contribution in [0, 0.1) is 5.92 Å². The third-order valence-electron chi connectivity index (χ3n) is 2.60. The van der Waals surface area contributed by atoms with Crippen LogP contribution in [0.5, 0.6) is 0 Å². The van der Waals surface area contributed by atoms with E-state index in [9.17, 15) is 0 Å². The van der Waals surface area contributed by atoms with Crippen molar-refractivity contribution < 1.29 is 9.47 Å². The summed E-state index contributed by atoms with van der Waals surface area (Å²) in [6, 6.07) is 0. The molecular weight excluding hydrogens is 140 g/mol. The Kier molecular flexibility index (Phi) is 2.44. The summed E-state index contributed by atoms with van der Waals surface area (Å²) in [5, 5.41) is 0. The standard InChI is InChI=1S/C9H16O2/c1-2-8(3-1)4-5-10-6-9-7-11-9/h8-9H,1-7H2. The van der Waals surface area contributed by atoms with Gasteiger partial charge >= 0.3 is 0 Å². The van der Waals surface area contributed by atoms with E-state index in [4.69, 9.17) is 9.47 Å². The third kappa shape index (κ3) is 2.46. The molecule has 2 heteroatoms. The number of ether oxygens (including phenoxy) is 2. The number of hydrogen-bond acceptors (Lipinski definition) is 2. The first-order valence-electron chi connectivity index (χ1n) is 4.64. The van der Waals surface area contributed by atoms with Crippen LogP contribution in [0.3, 0.4) is 0 Å². The van der Waals surface area contributed by atoms with Gasteiger partial charge in [0.1, 0.15) is 6.10 Å². The Morgan fingerprint density at radius 2 is 2.18 bits per heavy atom. The van der Waals surface area contributed by atoms with Crippen molar-refractivity contribution in [2.24, 2.45) is 5.92 Å². The van der Waals surface area contributed by atoms with E-state index >= 15 is 0 Å². The molecule has 1 unspecified atom stereocenters. The summed E-state index contributed by atoms with van der Waals surface area (Å²) < 4.78 is 10.5. The van der Waals surface area contributed by atoms with Crippen LogP contribution in [0.15, 0.2) is 0 Å². The van der Waals surface area contributed by atoms with Gasteiger partial charge in [-0.05, 0) is 12.3 Å². The minimum Gasteiger partial charge on any atom is -0.379 e. The maximum Gasteiger partial charge on any atom is 0.104 e. The quantitative estimate of drug-likeness (QED) is 0.445. The van der Waals surface area contributed by atoms with Gasteiger partial charge in [0.2, 0.25) is 0 Å². The first-order valence-corrected chi connectivity index (χ1v) is 4.64. The summed E-state index contributed by atoms with van der Waals surface area (Å²) in [4.78, 5) is 0. The smallest absolute Gasteiger partial charge is 0.104 e. The van der Waals surface area contributed by atoms with Gasteiger partial charge in [-0.1, -0.05) is 19.3 Å². The highest BCUT2D eigenvalue weighted by Crippen LogP contribution is 2.29. The van der Waals surface area contributed by atoms with Crippen molar-refractivity contribution in [3.05, 3.63) is 0 Å². The molecule has 0 radical (unpaired) electrons. The Hall–Kier alpha value is -0.0800. The second-order valence-electron chi connectivity index (χ2n) is 3.62. The monoisotopic (exact) mass is 156 g/mol. The molecule has 2 rings (SSSR count). The van der Waals surface area contributed by atoms with Crippen molar-refractivity contribution >= 4 is 0 Å². The average molecular weight is 156 g/mol. The molecule has 1 heterocycles. The lowest BCUT2D eigenvalue weighted by Gasteiger charge is -2.24. The van der Waals surface area contributed by atoms with Gasteiger partial charge in [-0.25, -0.2) is 0 Å². The summed E-state index contributed by atoms with van der Waals surface area (Å²) in [6.45, 7) is 2.70. The highest BCUT2D eigenvalue weighted by Gasteiger charge is 2.22. The largest absolute Gasteiger partial charge is 0.379 e. The Labute approximate surface area is 67.9 Å². The van der Waals surface area contributed by atoms with Crippen molar-refractivity contribution in [3.8, 4) is 0 Å². The zero-order chi connectivity index (χ0) is 7.52. The second-order valence-corrected chi connectivity index (χ2v) is 3.62. The van der Waals surface area contributed by atoms with E-state index in [-0.39, 0.29) is 0 Å². The molecule has 1 atom stereocenters. The molecule has 0 N–H and O–H groups in total.